The normalized spacial score (nSPS) is 17.5. The summed E-state index contributed by atoms with van der Waals surface area (Å²) in [5.41, 5.74) is 5.00. The van der Waals surface area contributed by atoms with Gasteiger partial charge in [-0.05, 0) is 32.1 Å². The Morgan fingerprint density at radius 1 is 1.21 bits per heavy atom. The number of primary amides is 1. The first kappa shape index (κ1) is 16.2. The predicted octanol–water partition coefficient (Wildman–Crippen LogP) is 0.725. The van der Waals surface area contributed by atoms with Gasteiger partial charge in [0.1, 0.15) is 6.10 Å². The number of hydrogen-bond donors (Lipinski definition) is 2. The molecule has 1 heterocycles. The smallest absolute Gasteiger partial charge is 0.404 e. The minimum atomic E-state index is -0.672. The van der Waals surface area contributed by atoms with Crippen molar-refractivity contribution in [1.82, 2.24) is 4.90 Å². The maximum absolute atomic E-state index is 10.6. The molecule has 112 valence electrons. The first-order valence-electron chi connectivity index (χ1n) is 7.09. The lowest BCUT2D eigenvalue weighted by Crippen LogP contribution is -2.39. The van der Waals surface area contributed by atoms with Crippen LogP contribution in [0.25, 0.3) is 0 Å². The maximum Gasteiger partial charge on any atom is 0.404 e. The second kappa shape index (κ2) is 10.00. The molecule has 1 saturated heterocycles. The van der Waals surface area contributed by atoms with Gasteiger partial charge in [0.25, 0.3) is 0 Å². The van der Waals surface area contributed by atoms with E-state index in [1.165, 1.54) is 0 Å². The molecule has 1 aliphatic heterocycles. The minimum absolute atomic E-state index is 0.0107. The zero-order chi connectivity index (χ0) is 13.9. The van der Waals surface area contributed by atoms with Crippen LogP contribution in [0.2, 0.25) is 0 Å². The fourth-order valence-corrected chi connectivity index (χ4v) is 2.22. The van der Waals surface area contributed by atoms with E-state index in [4.69, 9.17) is 20.3 Å². The van der Waals surface area contributed by atoms with Crippen molar-refractivity contribution >= 4 is 6.09 Å². The molecular weight excluding hydrogens is 248 g/mol. The summed E-state index contributed by atoms with van der Waals surface area (Å²) in [6, 6.07) is 0. The van der Waals surface area contributed by atoms with Gasteiger partial charge in [0.15, 0.2) is 0 Å². The molecule has 0 atom stereocenters. The number of piperidine rings is 1. The third-order valence-corrected chi connectivity index (χ3v) is 3.28. The molecule has 0 saturated carbocycles. The van der Waals surface area contributed by atoms with Gasteiger partial charge in [0.05, 0.1) is 0 Å². The van der Waals surface area contributed by atoms with Gasteiger partial charge in [-0.3, -0.25) is 0 Å². The summed E-state index contributed by atoms with van der Waals surface area (Å²) >= 11 is 0. The molecule has 1 aliphatic rings. The van der Waals surface area contributed by atoms with Crippen LogP contribution in [0.15, 0.2) is 0 Å². The molecular formula is C13H26N2O4. The monoisotopic (exact) mass is 274 g/mol. The van der Waals surface area contributed by atoms with Crippen LogP contribution in [0.3, 0.4) is 0 Å². The number of unbranched alkanes of at least 4 members (excludes halogenated alkanes) is 1. The molecule has 0 unspecified atom stereocenters. The van der Waals surface area contributed by atoms with Crippen LogP contribution in [0.5, 0.6) is 0 Å². The summed E-state index contributed by atoms with van der Waals surface area (Å²) in [4.78, 5) is 13.0. The van der Waals surface area contributed by atoms with Gasteiger partial charge in [-0.1, -0.05) is 0 Å². The number of carbonyl (C=O) groups is 1. The van der Waals surface area contributed by atoms with Crippen molar-refractivity contribution < 1.29 is 19.4 Å². The highest BCUT2D eigenvalue weighted by Gasteiger charge is 2.20. The van der Waals surface area contributed by atoms with E-state index < -0.39 is 6.09 Å². The highest BCUT2D eigenvalue weighted by molar-refractivity contribution is 5.64. The number of likely N-dealkylation sites (tertiary alicyclic amines) is 1. The molecule has 0 aromatic rings. The van der Waals surface area contributed by atoms with Crippen molar-refractivity contribution in [2.75, 3.05) is 39.5 Å². The standard InChI is InChI=1S/C13H26N2O4/c14-13(17)19-12-4-7-15(8-5-12)6-3-11-18-10-2-1-9-16/h12,16H,1-11H2,(H2,14,17). The van der Waals surface area contributed by atoms with E-state index in [9.17, 15) is 4.79 Å². The van der Waals surface area contributed by atoms with Crippen LogP contribution in [0.1, 0.15) is 32.1 Å². The van der Waals surface area contributed by atoms with E-state index >= 15 is 0 Å². The van der Waals surface area contributed by atoms with E-state index in [2.05, 4.69) is 4.90 Å². The van der Waals surface area contributed by atoms with Crippen LogP contribution in [0, 0.1) is 0 Å². The number of nitrogens with two attached hydrogens (primary N) is 1. The van der Waals surface area contributed by atoms with Crippen LogP contribution >= 0.6 is 0 Å². The first-order chi connectivity index (χ1) is 9.22. The highest BCUT2D eigenvalue weighted by atomic mass is 16.6. The number of ether oxygens (including phenoxy) is 2. The van der Waals surface area contributed by atoms with Gasteiger partial charge in [-0.25, -0.2) is 4.79 Å². The van der Waals surface area contributed by atoms with Crippen molar-refractivity contribution in [3.05, 3.63) is 0 Å². The van der Waals surface area contributed by atoms with Gasteiger partial charge in [-0.15, -0.1) is 0 Å². The van der Waals surface area contributed by atoms with E-state index in [0.29, 0.717) is 0 Å². The largest absolute Gasteiger partial charge is 0.446 e. The number of aliphatic hydroxyl groups is 1. The number of rotatable bonds is 9. The molecule has 0 radical (unpaired) electrons. The maximum atomic E-state index is 10.6. The fraction of sp³-hybridized carbons (Fsp3) is 0.923. The zero-order valence-corrected chi connectivity index (χ0v) is 11.6. The molecule has 0 aromatic carbocycles. The highest BCUT2D eigenvalue weighted by Crippen LogP contribution is 2.13. The Morgan fingerprint density at radius 2 is 1.89 bits per heavy atom. The molecule has 3 N–H and O–H groups in total. The second-order valence-electron chi connectivity index (χ2n) is 4.87. The third-order valence-electron chi connectivity index (χ3n) is 3.28. The lowest BCUT2D eigenvalue weighted by molar-refractivity contribution is 0.0513. The van der Waals surface area contributed by atoms with Crippen LogP contribution in [-0.2, 0) is 9.47 Å². The topological polar surface area (TPSA) is 85.0 Å². The summed E-state index contributed by atoms with van der Waals surface area (Å²) < 4.78 is 10.5. The Kier molecular flexibility index (Phi) is 8.53. The van der Waals surface area contributed by atoms with Crippen molar-refractivity contribution in [2.45, 2.75) is 38.2 Å². The molecule has 1 amide bonds. The van der Waals surface area contributed by atoms with E-state index in [1.807, 2.05) is 0 Å². The van der Waals surface area contributed by atoms with E-state index in [-0.39, 0.29) is 12.7 Å². The Bertz CT molecular complexity index is 243. The van der Waals surface area contributed by atoms with Crippen molar-refractivity contribution in [3.63, 3.8) is 0 Å². The lowest BCUT2D eigenvalue weighted by atomic mass is 10.1. The number of amides is 1. The van der Waals surface area contributed by atoms with Gasteiger partial charge in [-0.2, -0.15) is 0 Å². The average Bonchev–Trinajstić information content (AvgIpc) is 2.39. The first-order valence-corrected chi connectivity index (χ1v) is 7.09. The Morgan fingerprint density at radius 3 is 2.53 bits per heavy atom. The molecule has 6 nitrogen and oxygen atoms in total. The van der Waals surface area contributed by atoms with Gasteiger partial charge >= 0.3 is 6.09 Å². The van der Waals surface area contributed by atoms with Crippen LogP contribution < -0.4 is 5.73 Å². The third kappa shape index (κ3) is 8.02. The molecule has 19 heavy (non-hydrogen) atoms. The number of aliphatic hydroxyl groups excluding tert-OH is 1. The van der Waals surface area contributed by atoms with E-state index in [1.54, 1.807) is 0 Å². The number of nitrogens with zero attached hydrogens (tertiary/aromatic N) is 1. The average molecular weight is 274 g/mol. The molecule has 0 spiro atoms. The van der Waals surface area contributed by atoms with E-state index in [0.717, 1.165) is 65.0 Å². The summed E-state index contributed by atoms with van der Waals surface area (Å²) in [5.74, 6) is 0. The van der Waals surface area contributed by atoms with Crippen molar-refractivity contribution in [3.8, 4) is 0 Å². The molecule has 1 rings (SSSR count). The SMILES string of the molecule is NC(=O)OC1CCN(CCCOCCCCO)CC1. The summed E-state index contributed by atoms with van der Waals surface area (Å²) in [5, 5.41) is 8.61. The number of carbonyl (C=O) groups excluding carboxylic acids is 1. The Balaban J connectivity index is 1.93. The summed E-state index contributed by atoms with van der Waals surface area (Å²) in [6.07, 6.45) is 3.79. The quantitative estimate of drug-likeness (QED) is 0.605. The number of hydrogen-bond acceptors (Lipinski definition) is 5. The Labute approximate surface area is 114 Å². The molecule has 0 bridgehead atoms. The van der Waals surface area contributed by atoms with Crippen LogP contribution in [0.4, 0.5) is 4.79 Å². The van der Waals surface area contributed by atoms with Crippen molar-refractivity contribution in [2.24, 2.45) is 5.73 Å². The van der Waals surface area contributed by atoms with Crippen molar-refractivity contribution in [1.29, 1.82) is 0 Å². The van der Waals surface area contributed by atoms with Gasteiger partial charge < -0.3 is 25.2 Å². The lowest BCUT2D eigenvalue weighted by Gasteiger charge is -2.31. The minimum Gasteiger partial charge on any atom is -0.446 e. The molecule has 0 aromatic heterocycles. The van der Waals surface area contributed by atoms with Gasteiger partial charge in [0, 0.05) is 39.5 Å². The summed E-state index contributed by atoms with van der Waals surface area (Å²) in [7, 11) is 0. The van der Waals surface area contributed by atoms with Crippen LogP contribution in [-0.4, -0.2) is 61.7 Å². The predicted molar refractivity (Wildman–Crippen MR) is 71.9 cm³/mol. The fourth-order valence-electron chi connectivity index (χ4n) is 2.22. The zero-order valence-electron chi connectivity index (χ0n) is 11.6. The molecule has 1 fully saturated rings. The summed E-state index contributed by atoms with van der Waals surface area (Å²) in [6.45, 7) is 4.65. The Hall–Kier alpha value is -0.850. The second-order valence-corrected chi connectivity index (χ2v) is 4.87. The molecule has 0 aliphatic carbocycles. The van der Waals surface area contributed by atoms with Gasteiger partial charge in [0.2, 0.25) is 0 Å². The molecule has 6 heteroatoms.